The summed E-state index contributed by atoms with van der Waals surface area (Å²) in [5, 5.41) is 6.82. The van der Waals surface area contributed by atoms with Crippen molar-refractivity contribution in [2.75, 3.05) is 19.6 Å². The molecule has 0 aromatic heterocycles. The molecule has 1 heterocycles. The Balaban J connectivity index is 1.45. The molecule has 2 aromatic carbocycles. The number of carbonyl (C=O) groups excluding carboxylic acids is 1. The summed E-state index contributed by atoms with van der Waals surface area (Å²) in [6.45, 7) is 2.74. The van der Waals surface area contributed by atoms with E-state index in [1.807, 2.05) is 0 Å². The van der Waals surface area contributed by atoms with E-state index in [0.717, 1.165) is 31.5 Å². The highest BCUT2D eigenvalue weighted by Crippen LogP contribution is 2.32. The third kappa shape index (κ3) is 3.06. The van der Waals surface area contributed by atoms with E-state index in [4.69, 9.17) is 0 Å². The topological polar surface area (TPSA) is 45.9 Å². The molecule has 0 bridgehead atoms. The molecule has 24 heavy (non-hydrogen) atoms. The normalized spacial score (nSPS) is 17.7. The van der Waals surface area contributed by atoms with Crippen LogP contribution < -0.4 is 10.3 Å². The minimum absolute atomic E-state index is 0.00841. The van der Waals surface area contributed by atoms with Gasteiger partial charge in [0.25, 0.3) is 5.91 Å². The van der Waals surface area contributed by atoms with Gasteiger partial charge in [0.1, 0.15) is 0 Å². The lowest BCUT2D eigenvalue weighted by Crippen LogP contribution is -3.13. The van der Waals surface area contributed by atoms with Gasteiger partial charge in [0.2, 0.25) is 0 Å². The number of hydrogen-bond donors (Lipinski definition) is 2. The van der Waals surface area contributed by atoms with Crippen molar-refractivity contribution in [3.63, 3.8) is 0 Å². The average Bonchev–Trinajstić information content (AvgIpc) is 3.03. The van der Waals surface area contributed by atoms with Gasteiger partial charge in [-0.2, -0.15) is 5.10 Å². The first-order chi connectivity index (χ1) is 11.8. The second kappa shape index (κ2) is 6.73. The molecule has 0 spiro atoms. The largest absolute Gasteiger partial charge is 0.327 e. The second-order valence-corrected chi connectivity index (χ2v) is 6.93. The van der Waals surface area contributed by atoms with Crippen LogP contribution in [-0.2, 0) is 17.6 Å². The Hall–Kier alpha value is -2.20. The molecule has 4 nitrogen and oxygen atoms in total. The molecule has 0 atom stereocenters. The fourth-order valence-corrected chi connectivity index (χ4v) is 4.05. The van der Waals surface area contributed by atoms with Crippen molar-refractivity contribution in [3.05, 3.63) is 47.0 Å². The van der Waals surface area contributed by atoms with Crippen LogP contribution in [0.25, 0.3) is 10.8 Å². The van der Waals surface area contributed by atoms with Crippen molar-refractivity contribution < 1.29 is 9.69 Å². The number of rotatable bonds is 4. The summed E-state index contributed by atoms with van der Waals surface area (Å²) >= 11 is 0. The predicted octanol–water partition coefficient (Wildman–Crippen LogP) is 1.46. The van der Waals surface area contributed by atoms with Gasteiger partial charge in [-0.3, -0.25) is 4.79 Å². The van der Waals surface area contributed by atoms with Crippen LogP contribution in [0.3, 0.4) is 0 Å². The number of hydrazone groups is 1. The molecule has 1 saturated heterocycles. The van der Waals surface area contributed by atoms with E-state index in [1.165, 1.54) is 46.1 Å². The maximum atomic E-state index is 12.0. The minimum Gasteiger partial charge on any atom is -0.327 e. The molecule has 4 rings (SSSR count). The van der Waals surface area contributed by atoms with Gasteiger partial charge in [0.05, 0.1) is 19.3 Å². The summed E-state index contributed by atoms with van der Waals surface area (Å²) in [7, 11) is 0. The molecule has 2 aromatic rings. The molecular formula is C20H24N3O+. The van der Waals surface area contributed by atoms with Crippen LogP contribution in [-0.4, -0.2) is 31.8 Å². The van der Waals surface area contributed by atoms with Crippen molar-refractivity contribution in [2.24, 2.45) is 5.10 Å². The standard InChI is InChI=1S/C20H23N3O/c24-19(14-23-11-2-1-3-12-23)22-21-13-17-10-9-16-8-7-15-5-4-6-18(17)20(15)16/h4-6,9-10,13H,1-3,7-8,11-12,14H2,(H,22,24)/p+1/b21-13-. The number of benzene rings is 2. The third-order valence-corrected chi connectivity index (χ3v) is 5.27. The summed E-state index contributed by atoms with van der Waals surface area (Å²) < 4.78 is 0. The Morgan fingerprint density at radius 3 is 2.71 bits per heavy atom. The van der Waals surface area contributed by atoms with Crippen LogP contribution in [0.2, 0.25) is 0 Å². The molecule has 1 aliphatic heterocycles. The molecule has 4 heteroatoms. The Labute approximate surface area is 142 Å². The molecule has 0 unspecified atom stereocenters. The van der Waals surface area contributed by atoms with Gasteiger partial charge >= 0.3 is 0 Å². The van der Waals surface area contributed by atoms with Gasteiger partial charge in [0, 0.05) is 5.56 Å². The zero-order valence-electron chi connectivity index (χ0n) is 14.0. The number of aryl methyl sites for hydroxylation is 2. The SMILES string of the molecule is O=C(C[NH+]1CCCCC1)N/N=C\c1ccc2c3c(cccc13)CC2. The Kier molecular flexibility index (Phi) is 4.30. The summed E-state index contributed by atoms with van der Waals surface area (Å²) in [6.07, 6.45) is 7.79. The maximum Gasteiger partial charge on any atom is 0.295 e. The van der Waals surface area contributed by atoms with Gasteiger partial charge in [-0.15, -0.1) is 0 Å². The van der Waals surface area contributed by atoms with E-state index >= 15 is 0 Å². The molecule has 0 saturated carbocycles. The first kappa shape index (κ1) is 15.3. The number of likely N-dealkylation sites (tertiary alicyclic amines) is 1. The summed E-state index contributed by atoms with van der Waals surface area (Å²) in [6, 6.07) is 10.8. The maximum absolute atomic E-state index is 12.0. The molecule has 0 radical (unpaired) electrons. The van der Waals surface area contributed by atoms with Crippen LogP contribution in [0, 0.1) is 0 Å². The zero-order valence-corrected chi connectivity index (χ0v) is 14.0. The van der Waals surface area contributed by atoms with E-state index in [0.29, 0.717) is 6.54 Å². The van der Waals surface area contributed by atoms with Crippen molar-refractivity contribution in [2.45, 2.75) is 32.1 Å². The molecule has 1 fully saturated rings. The molecule has 1 amide bonds. The highest BCUT2D eigenvalue weighted by atomic mass is 16.2. The fourth-order valence-electron chi connectivity index (χ4n) is 4.05. The summed E-state index contributed by atoms with van der Waals surface area (Å²) in [5.41, 5.74) is 6.62. The number of quaternary nitrogens is 1. The van der Waals surface area contributed by atoms with E-state index in [9.17, 15) is 4.79 Å². The van der Waals surface area contributed by atoms with Crippen molar-refractivity contribution in [1.82, 2.24) is 5.43 Å². The van der Waals surface area contributed by atoms with Crippen molar-refractivity contribution >= 4 is 22.9 Å². The van der Waals surface area contributed by atoms with Crippen molar-refractivity contribution in [1.29, 1.82) is 0 Å². The number of nitrogens with zero attached hydrogens (tertiary/aromatic N) is 1. The number of hydrogen-bond acceptors (Lipinski definition) is 2. The highest BCUT2D eigenvalue weighted by molar-refractivity contribution is 6.03. The van der Waals surface area contributed by atoms with E-state index in [2.05, 4.69) is 40.9 Å². The van der Waals surface area contributed by atoms with Crippen LogP contribution in [0.1, 0.15) is 36.0 Å². The third-order valence-electron chi connectivity index (χ3n) is 5.27. The van der Waals surface area contributed by atoms with Gasteiger partial charge in [0.15, 0.2) is 6.54 Å². The minimum atomic E-state index is 0.00841. The molecule has 1 aliphatic carbocycles. The van der Waals surface area contributed by atoms with E-state index < -0.39 is 0 Å². The summed E-state index contributed by atoms with van der Waals surface area (Å²) in [5.74, 6) is 0.00841. The number of piperidine rings is 1. The van der Waals surface area contributed by atoms with E-state index in [-0.39, 0.29) is 5.91 Å². The summed E-state index contributed by atoms with van der Waals surface area (Å²) in [4.78, 5) is 13.4. The van der Waals surface area contributed by atoms with Crippen LogP contribution in [0.5, 0.6) is 0 Å². The van der Waals surface area contributed by atoms with Crippen molar-refractivity contribution in [3.8, 4) is 0 Å². The van der Waals surface area contributed by atoms with Crippen LogP contribution in [0.4, 0.5) is 0 Å². The monoisotopic (exact) mass is 322 g/mol. The van der Waals surface area contributed by atoms with Gasteiger partial charge in [-0.1, -0.05) is 30.3 Å². The fraction of sp³-hybridized carbons (Fsp3) is 0.400. The Bertz CT molecular complexity index is 781. The quantitative estimate of drug-likeness (QED) is 0.650. The lowest BCUT2D eigenvalue weighted by Gasteiger charge is -2.22. The predicted molar refractivity (Wildman–Crippen MR) is 96.5 cm³/mol. The number of amides is 1. The smallest absolute Gasteiger partial charge is 0.295 e. The first-order valence-corrected chi connectivity index (χ1v) is 9.00. The van der Waals surface area contributed by atoms with Gasteiger partial charge in [-0.25, -0.2) is 5.43 Å². The molecular weight excluding hydrogens is 298 g/mol. The second-order valence-electron chi connectivity index (χ2n) is 6.93. The Morgan fingerprint density at radius 1 is 1.08 bits per heavy atom. The Morgan fingerprint density at radius 2 is 1.88 bits per heavy atom. The van der Waals surface area contributed by atoms with Crippen LogP contribution >= 0.6 is 0 Å². The number of carbonyl (C=O) groups is 1. The molecule has 2 N–H and O–H groups in total. The molecule has 124 valence electrons. The average molecular weight is 322 g/mol. The molecule has 2 aliphatic rings. The van der Waals surface area contributed by atoms with Crippen LogP contribution in [0.15, 0.2) is 35.4 Å². The zero-order chi connectivity index (χ0) is 16.4. The lowest BCUT2D eigenvalue weighted by atomic mass is 10.0. The number of nitrogens with one attached hydrogen (secondary N) is 2. The highest BCUT2D eigenvalue weighted by Gasteiger charge is 2.17. The first-order valence-electron chi connectivity index (χ1n) is 9.00. The van der Waals surface area contributed by atoms with Gasteiger partial charge < -0.3 is 4.90 Å². The van der Waals surface area contributed by atoms with Gasteiger partial charge in [-0.05, 0) is 54.0 Å². The lowest BCUT2D eigenvalue weighted by molar-refractivity contribution is -0.896. The van der Waals surface area contributed by atoms with E-state index in [1.54, 1.807) is 6.21 Å².